The summed E-state index contributed by atoms with van der Waals surface area (Å²) in [5.74, 6) is 3.29. The number of fused-ring (bicyclic) bond motifs is 1. The van der Waals surface area contributed by atoms with E-state index in [4.69, 9.17) is 32.6 Å². The molecule has 0 radical (unpaired) electrons. The molecule has 2 heterocycles. The van der Waals surface area contributed by atoms with Crippen molar-refractivity contribution in [3.63, 3.8) is 0 Å². The van der Waals surface area contributed by atoms with Crippen LogP contribution in [-0.2, 0) is 76.3 Å². The smallest absolute Gasteiger partial charge is 0.347 e. The number of thioether (sulfide) groups is 1. The zero-order valence-corrected chi connectivity index (χ0v) is 62.0. The molecule has 612 valence electrons. The van der Waals surface area contributed by atoms with Gasteiger partial charge in [0.15, 0.2) is 5.12 Å². The zero-order valence-electron chi connectivity index (χ0n) is 60.4. The summed E-state index contributed by atoms with van der Waals surface area (Å²) in [5, 5.41) is 10.2. The number of ether oxygens (including phenoxy) is 6. The average Bonchev–Trinajstić information content (AvgIpc) is 1.68. The first-order chi connectivity index (χ1) is 43.1. The van der Waals surface area contributed by atoms with E-state index in [1.165, 1.54) is 57.8 Å². The van der Waals surface area contributed by atoms with E-state index < -0.39 is 67.5 Å². The molecule has 13 aliphatic rings. The molecule has 17 nitrogen and oxygen atoms in total. The highest BCUT2D eigenvalue weighted by Crippen LogP contribution is 2.63. The Morgan fingerprint density at radius 1 is 0.553 bits per heavy atom. The third-order valence-electron chi connectivity index (χ3n) is 24.9. The lowest BCUT2D eigenvalue weighted by molar-refractivity contribution is -0.231. The van der Waals surface area contributed by atoms with Gasteiger partial charge in [-0.05, 0) is 238 Å². The fourth-order valence-corrected chi connectivity index (χ4v) is 20.0. The van der Waals surface area contributed by atoms with E-state index in [0.29, 0.717) is 68.3 Å². The van der Waals surface area contributed by atoms with Crippen LogP contribution in [0.5, 0.6) is 0 Å². The highest BCUT2D eigenvalue weighted by molar-refractivity contribution is 8.14. The van der Waals surface area contributed by atoms with E-state index in [1.54, 1.807) is 13.8 Å². The highest BCUT2D eigenvalue weighted by Gasteiger charge is 2.66. The summed E-state index contributed by atoms with van der Waals surface area (Å²) in [4.78, 5) is 83.9. The summed E-state index contributed by atoms with van der Waals surface area (Å²) >= 11 is 0.966. The standard InChI is InChI=1S/C19H32O2.C16H26O3.C15H22O6S2.C14H26O2.C10H16O4.10CH4/c1-6-18(4,5)17(20)21-19(12(2)3)15-8-13-7-14(10-15)11-16(19)9-13;1-4-14(2,3)13(17)19-16-8-11-5-12(9-16)7-15(18,6-11)10-16;1-4-15(2,3)14(17)22-7-11(16)20-12-8-5-9-10(6-8)23(18,19)21-13(9)12;1-5-13(3,4)12(15)16-14(6-2)10-8-7-9-11-14;1-4-10(2,3)9(12)14-7-5-6-13-8(7)11;;;;;;;;;;/h12-16H,6-11H2,1-5H3;11-12,18H,4-10H2,1-3H3;8-10,12-13H,4-7H2,1-3H3;5-11H2,1-4H3;7H,4-6H2,1-3H3;10*1H4. The number of carbonyl (C=O) groups excluding carboxylic acids is 7. The fourth-order valence-electron chi connectivity index (χ4n) is 17.2. The lowest BCUT2D eigenvalue weighted by Gasteiger charge is -2.62. The Morgan fingerprint density at radius 2 is 0.990 bits per heavy atom. The lowest BCUT2D eigenvalue weighted by Crippen LogP contribution is -2.63. The molecule has 2 aliphatic heterocycles. The molecule has 13 rings (SSSR count). The Morgan fingerprint density at radius 3 is 1.41 bits per heavy atom. The van der Waals surface area contributed by atoms with Gasteiger partial charge in [0.05, 0.1) is 44.9 Å². The maximum Gasteiger partial charge on any atom is 0.347 e. The molecule has 19 heteroatoms. The van der Waals surface area contributed by atoms with Crippen molar-refractivity contribution in [3.05, 3.63) is 0 Å². The second-order valence-electron chi connectivity index (χ2n) is 34.0. The van der Waals surface area contributed by atoms with Gasteiger partial charge in [-0.1, -0.05) is 162 Å². The summed E-state index contributed by atoms with van der Waals surface area (Å²) in [5.41, 5.74) is -3.32. The maximum absolute atomic E-state index is 12.8. The molecule has 2 saturated heterocycles. The van der Waals surface area contributed by atoms with Gasteiger partial charge in [0.1, 0.15) is 29.0 Å². The molecule has 11 saturated carbocycles. The number of cyclic esters (lactones) is 1. The van der Waals surface area contributed by atoms with E-state index in [1.807, 2.05) is 83.1 Å². The number of esters is 6. The molecular weight excluding hydrogens is 1350 g/mol. The lowest BCUT2D eigenvalue weighted by atomic mass is 9.47. The molecular formula is C84H162O17S2. The van der Waals surface area contributed by atoms with Gasteiger partial charge in [0.25, 0.3) is 10.1 Å². The normalized spacial score (nSPS) is 31.1. The minimum Gasteiger partial charge on any atom is -0.463 e. The molecule has 8 atom stereocenters. The van der Waals surface area contributed by atoms with Gasteiger partial charge >= 0.3 is 35.8 Å². The number of aliphatic hydroxyl groups is 1. The number of hydrogen-bond acceptors (Lipinski definition) is 18. The molecule has 0 spiro atoms. The SMILES string of the molecule is C.C.C.C.C.C.C.C.C.C.CCC(C)(C)C(=O)OC1(C(C)C)C2CC3CC(C2)CC1C3.CCC(C)(C)C(=O)OC12CC3CC(CC(O)(C3)C1)C2.CCC(C)(C)C(=O)OC1CCOC1=O.CCC(C)(C)C(=O)SCC(=O)OC1C2CC3C1OS(=O)(=O)C3C2.CCC1(OC(=O)C(C)(C)CC)CCCCC1. The van der Waals surface area contributed by atoms with Crippen molar-refractivity contribution in [1.82, 2.24) is 0 Å². The van der Waals surface area contributed by atoms with Crippen molar-refractivity contribution < 1.29 is 79.7 Å². The number of hydrogen-bond donors (Lipinski definition) is 1. The van der Waals surface area contributed by atoms with Crippen LogP contribution in [0.1, 0.15) is 359 Å². The summed E-state index contributed by atoms with van der Waals surface area (Å²) in [6.07, 6.45) is 22.9. The molecule has 1 N–H and O–H groups in total. The van der Waals surface area contributed by atoms with Crippen LogP contribution in [0.25, 0.3) is 0 Å². The molecule has 10 bridgehead atoms. The van der Waals surface area contributed by atoms with Gasteiger partial charge in [0, 0.05) is 30.1 Å². The first kappa shape index (κ1) is 106. The van der Waals surface area contributed by atoms with Gasteiger partial charge in [0.2, 0.25) is 6.10 Å². The van der Waals surface area contributed by atoms with Crippen LogP contribution >= 0.6 is 11.8 Å². The van der Waals surface area contributed by atoms with Crippen molar-refractivity contribution >= 4 is 62.8 Å². The second kappa shape index (κ2) is 40.9. The molecule has 0 aromatic rings. The predicted octanol–water partition coefficient (Wildman–Crippen LogP) is 21.3. The third kappa shape index (κ3) is 24.1. The van der Waals surface area contributed by atoms with Crippen molar-refractivity contribution in [2.24, 2.45) is 80.3 Å². The average molecular weight is 1510 g/mol. The van der Waals surface area contributed by atoms with Crippen LogP contribution in [0, 0.1) is 80.3 Å². The zero-order chi connectivity index (χ0) is 69.3. The topological polar surface area (TPSA) is 238 Å². The Hall–Kier alpha value is -3.29. The molecule has 0 aromatic carbocycles. The van der Waals surface area contributed by atoms with Crippen molar-refractivity contribution in [1.29, 1.82) is 0 Å². The van der Waals surface area contributed by atoms with Crippen LogP contribution in [0.3, 0.4) is 0 Å². The van der Waals surface area contributed by atoms with Crippen LogP contribution in [0.4, 0.5) is 0 Å². The highest BCUT2D eigenvalue weighted by atomic mass is 32.2. The molecule has 0 aromatic heterocycles. The van der Waals surface area contributed by atoms with Gasteiger partial charge in [-0.2, -0.15) is 8.42 Å². The van der Waals surface area contributed by atoms with Crippen LogP contribution < -0.4 is 0 Å². The first-order valence-corrected chi connectivity index (χ1v) is 38.7. The van der Waals surface area contributed by atoms with E-state index in [-0.39, 0.29) is 148 Å². The summed E-state index contributed by atoms with van der Waals surface area (Å²) in [6, 6.07) is 0. The predicted molar refractivity (Wildman–Crippen MR) is 426 cm³/mol. The van der Waals surface area contributed by atoms with E-state index in [9.17, 15) is 47.1 Å². The van der Waals surface area contributed by atoms with Crippen LogP contribution in [-0.4, -0.2) is 113 Å². The largest absolute Gasteiger partial charge is 0.463 e. The maximum atomic E-state index is 12.8. The summed E-state index contributed by atoms with van der Waals surface area (Å²) in [7, 11) is -3.50. The van der Waals surface area contributed by atoms with Crippen molar-refractivity contribution in [3.8, 4) is 0 Å². The molecule has 13 fully saturated rings. The van der Waals surface area contributed by atoms with Gasteiger partial charge in [-0.25, -0.2) is 4.79 Å². The summed E-state index contributed by atoms with van der Waals surface area (Å²) < 4.78 is 62.3. The Bertz CT molecular complexity index is 2730. The quantitative estimate of drug-likeness (QED) is 0.0718. The number of carbonyl (C=O) groups is 7. The molecule has 0 amide bonds. The minimum atomic E-state index is -3.50. The van der Waals surface area contributed by atoms with E-state index in [0.717, 1.165) is 94.2 Å². The van der Waals surface area contributed by atoms with Gasteiger partial charge < -0.3 is 33.5 Å². The first-order valence-electron chi connectivity index (χ1n) is 36.2. The van der Waals surface area contributed by atoms with Crippen molar-refractivity contribution in [2.75, 3.05) is 12.4 Å². The van der Waals surface area contributed by atoms with Gasteiger partial charge in [-0.3, -0.25) is 33.0 Å². The Balaban J connectivity index is -0.000000586. The fraction of sp³-hybridized carbons (Fsp3) is 0.917. The third-order valence-corrected chi connectivity index (χ3v) is 27.9. The number of rotatable bonds is 19. The van der Waals surface area contributed by atoms with Crippen LogP contribution in [0.15, 0.2) is 0 Å². The minimum absolute atomic E-state index is 0. The molecule has 11 aliphatic carbocycles. The molecule has 8 unspecified atom stereocenters. The monoisotopic (exact) mass is 1510 g/mol. The summed E-state index contributed by atoms with van der Waals surface area (Å²) in [6.45, 7) is 36.2. The van der Waals surface area contributed by atoms with E-state index >= 15 is 0 Å². The second-order valence-corrected chi connectivity index (χ2v) is 36.7. The Labute approximate surface area is 637 Å². The van der Waals surface area contributed by atoms with Crippen LogP contribution in [0.2, 0.25) is 0 Å². The Kier molecular flexibility index (Phi) is 42.2. The van der Waals surface area contributed by atoms with Crippen molar-refractivity contribution in [2.45, 2.75) is 405 Å². The molecule has 103 heavy (non-hydrogen) atoms. The van der Waals surface area contributed by atoms with Gasteiger partial charge in [-0.15, -0.1) is 0 Å². The van der Waals surface area contributed by atoms with E-state index in [2.05, 4.69) is 27.7 Å².